The highest BCUT2D eigenvalue weighted by Gasteiger charge is 2.20. The highest BCUT2D eigenvalue weighted by molar-refractivity contribution is 5.22. The third kappa shape index (κ3) is 3.61. The first-order chi connectivity index (χ1) is 10.2. The number of likely N-dealkylation sites (tertiary alicyclic amines) is 1. The van der Waals surface area contributed by atoms with Crippen LogP contribution in [0, 0.1) is 6.92 Å². The molecule has 0 aliphatic carbocycles. The Morgan fingerprint density at radius 3 is 2.71 bits per heavy atom. The van der Waals surface area contributed by atoms with Crippen molar-refractivity contribution < 1.29 is 0 Å². The Balaban J connectivity index is 1.59. The van der Waals surface area contributed by atoms with Crippen LogP contribution in [0.4, 0.5) is 0 Å². The second kappa shape index (κ2) is 6.27. The lowest BCUT2D eigenvalue weighted by atomic mass is 9.90. The number of benzene rings is 1. The summed E-state index contributed by atoms with van der Waals surface area (Å²) in [5.74, 6) is 0.529. The quantitative estimate of drug-likeness (QED) is 0.939. The zero-order valence-electron chi connectivity index (χ0n) is 12.5. The highest BCUT2D eigenvalue weighted by Crippen LogP contribution is 2.27. The van der Waals surface area contributed by atoms with E-state index in [1.165, 1.54) is 16.7 Å². The molecule has 3 heteroatoms. The minimum atomic E-state index is 0.00897. The number of pyridine rings is 1. The average Bonchev–Trinajstić information content (AvgIpc) is 2.48. The molecule has 1 N–H and O–H groups in total. The molecule has 0 radical (unpaired) electrons. The molecule has 1 aromatic heterocycles. The molecule has 1 aromatic carbocycles. The number of nitrogens with one attached hydrogen (secondary N) is 1. The van der Waals surface area contributed by atoms with Crippen LogP contribution >= 0.6 is 0 Å². The molecular weight excluding hydrogens is 260 g/mol. The van der Waals surface area contributed by atoms with Crippen LogP contribution < -0.4 is 5.56 Å². The predicted octanol–water partition coefficient (Wildman–Crippen LogP) is 3.06. The summed E-state index contributed by atoms with van der Waals surface area (Å²) in [7, 11) is 0. The summed E-state index contributed by atoms with van der Waals surface area (Å²) in [6.45, 7) is 5.38. The number of aryl methyl sites for hydroxylation is 1. The molecule has 21 heavy (non-hydrogen) atoms. The summed E-state index contributed by atoms with van der Waals surface area (Å²) in [6.07, 6.45) is 4.03. The number of rotatable bonds is 3. The minimum Gasteiger partial charge on any atom is -0.329 e. The van der Waals surface area contributed by atoms with Crippen LogP contribution in [0.5, 0.6) is 0 Å². The first kappa shape index (κ1) is 14.1. The smallest absolute Gasteiger partial charge is 0.248 e. The van der Waals surface area contributed by atoms with Gasteiger partial charge >= 0.3 is 0 Å². The largest absolute Gasteiger partial charge is 0.329 e. The molecule has 0 unspecified atom stereocenters. The highest BCUT2D eigenvalue weighted by atomic mass is 16.1. The number of aromatic amines is 1. The van der Waals surface area contributed by atoms with Crippen LogP contribution in [0.2, 0.25) is 0 Å². The standard InChI is InChI=1S/C18H22N2O/c1-14-3-2-4-15(11-14)13-20-9-6-16(7-10-20)17-5-8-19-18(21)12-17/h2-5,8,11-12,16H,6-7,9-10,13H2,1H3,(H,19,21). The monoisotopic (exact) mass is 282 g/mol. The molecule has 1 fully saturated rings. The van der Waals surface area contributed by atoms with Gasteiger partial charge in [0.1, 0.15) is 0 Å². The van der Waals surface area contributed by atoms with E-state index < -0.39 is 0 Å². The van der Waals surface area contributed by atoms with Crippen molar-refractivity contribution in [3.05, 3.63) is 69.6 Å². The van der Waals surface area contributed by atoms with Gasteiger partial charge < -0.3 is 4.98 Å². The van der Waals surface area contributed by atoms with Crippen LogP contribution in [0.15, 0.2) is 47.4 Å². The summed E-state index contributed by atoms with van der Waals surface area (Å²) in [5.41, 5.74) is 3.92. The fraction of sp³-hybridized carbons (Fsp3) is 0.389. The molecule has 0 saturated carbocycles. The molecule has 3 nitrogen and oxygen atoms in total. The first-order valence-corrected chi connectivity index (χ1v) is 7.67. The van der Waals surface area contributed by atoms with Crippen LogP contribution in [0.3, 0.4) is 0 Å². The fourth-order valence-electron chi connectivity index (χ4n) is 3.21. The lowest BCUT2D eigenvalue weighted by Crippen LogP contribution is -2.32. The third-order valence-corrected chi connectivity index (χ3v) is 4.35. The van der Waals surface area contributed by atoms with Gasteiger partial charge in [0, 0.05) is 18.8 Å². The molecule has 1 aliphatic rings. The summed E-state index contributed by atoms with van der Waals surface area (Å²) in [6, 6.07) is 12.5. The molecule has 0 spiro atoms. The molecule has 3 rings (SSSR count). The molecule has 0 bridgehead atoms. The van der Waals surface area contributed by atoms with Gasteiger partial charge in [0.2, 0.25) is 5.56 Å². The van der Waals surface area contributed by atoms with Crippen molar-refractivity contribution >= 4 is 0 Å². The second-order valence-corrected chi connectivity index (χ2v) is 6.03. The molecule has 1 saturated heterocycles. The van der Waals surface area contributed by atoms with E-state index in [0.29, 0.717) is 5.92 Å². The number of hydrogen-bond donors (Lipinski definition) is 1. The number of hydrogen-bond acceptors (Lipinski definition) is 2. The van der Waals surface area contributed by atoms with Crippen molar-refractivity contribution in [1.82, 2.24) is 9.88 Å². The molecule has 0 amide bonds. The average molecular weight is 282 g/mol. The Morgan fingerprint density at radius 1 is 1.19 bits per heavy atom. The lowest BCUT2D eigenvalue weighted by molar-refractivity contribution is 0.204. The van der Waals surface area contributed by atoms with Crippen LogP contribution in [-0.4, -0.2) is 23.0 Å². The Hall–Kier alpha value is -1.87. The van der Waals surface area contributed by atoms with Crippen molar-refractivity contribution in [1.29, 1.82) is 0 Å². The van der Waals surface area contributed by atoms with Gasteiger partial charge in [0.05, 0.1) is 0 Å². The van der Waals surface area contributed by atoms with Crippen molar-refractivity contribution in [3.8, 4) is 0 Å². The second-order valence-electron chi connectivity index (χ2n) is 6.03. The molecular formula is C18H22N2O. The first-order valence-electron chi connectivity index (χ1n) is 7.67. The van der Waals surface area contributed by atoms with Crippen molar-refractivity contribution in [3.63, 3.8) is 0 Å². The predicted molar refractivity (Wildman–Crippen MR) is 85.5 cm³/mol. The van der Waals surface area contributed by atoms with Crippen LogP contribution in [0.1, 0.15) is 35.4 Å². The SMILES string of the molecule is Cc1cccc(CN2CCC(c3cc[nH]c(=O)c3)CC2)c1. The summed E-state index contributed by atoms with van der Waals surface area (Å²) in [4.78, 5) is 16.6. The molecule has 1 aliphatic heterocycles. The zero-order chi connectivity index (χ0) is 14.7. The van der Waals surface area contributed by atoms with Gasteiger partial charge in [-0.1, -0.05) is 29.8 Å². The fourth-order valence-corrected chi connectivity index (χ4v) is 3.21. The topological polar surface area (TPSA) is 36.1 Å². The number of piperidine rings is 1. The third-order valence-electron chi connectivity index (χ3n) is 4.35. The molecule has 2 heterocycles. The van der Waals surface area contributed by atoms with Gasteiger partial charge in [-0.3, -0.25) is 9.69 Å². The van der Waals surface area contributed by atoms with E-state index in [1.807, 2.05) is 6.07 Å². The Kier molecular flexibility index (Phi) is 4.20. The Morgan fingerprint density at radius 2 is 2.00 bits per heavy atom. The normalized spacial score (nSPS) is 17.0. The minimum absolute atomic E-state index is 0.00897. The van der Waals surface area contributed by atoms with E-state index in [0.717, 1.165) is 32.5 Å². The molecule has 2 aromatic rings. The van der Waals surface area contributed by atoms with Crippen molar-refractivity contribution in [2.75, 3.05) is 13.1 Å². The number of aromatic nitrogens is 1. The number of nitrogens with zero attached hydrogens (tertiary/aromatic N) is 1. The van der Waals surface area contributed by atoms with E-state index in [-0.39, 0.29) is 5.56 Å². The van der Waals surface area contributed by atoms with Gasteiger partial charge in [0.25, 0.3) is 0 Å². The number of H-pyrrole nitrogens is 1. The molecule has 0 atom stereocenters. The van der Waals surface area contributed by atoms with Gasteiger partial charge in [-0.05, 0) is 56.0 Å². The Labute approximate surface area is 125 Å². The Bertz CT molecular complexity index is 654. The summed E-state index contributed by atoms with van der Waals surface area (Å²) >= 11 is 0. The summed E-state index contributed by atoms with van der Waals surface area (Å²) in [5, 5.41) is 0. The van der Waals surface area contributed by atoms with Gasteiger partial charge in [-0.25, -0.2) is 0 Å². The van der Waals surface area contributed by atoms with Gasteiger partial charge in [-0.2, -0.15) is 0 Å². The van der Waals surface area contributed by atoms with E-state index in [4.69, 9.17) is 0 Å². The van der Waals surface area contributed by atoms with Crippen molar-refractivity contribution in [2.24, 2.45) is 0 Å². The van der Waals surface area contributed by atoms with Gasteiger partial charge in [0.15, 0.2) is 0 Å². The molecule has 110 valence electrons. The summed E-state index contributed by atoms with van der Waals surface area (Å²) < 4.78 is 0. The van der Waals surface area contributed by atoms with E-state index in [2.05, 4.69) is 41.1 Å². The maximum absolute atomic E-state index is 11.4. The maximum atomic E-state index is 11.4. The lowest BCUT2D eigenvalue weighted by Gasteiger charge is -2.32. The maximum Gasteiger partial charge on any atom is 0.248 e. The van der Waals surface area contributed by atoms with E-state index >= 15 is 0 Å². The zero-order valence-corrected chi connectivity index (χ0v) is 12.5. The van der Waals surface area contributed by atoms with Crippen LogP contribution in [0.25, 0.3) is 0 Å². The van der Waals surface area contributed by atoms with E-state index in [9.17, 15) is 4.79 Å². The van der Waals surface area contributed by atoms with E-state index in [1.54, 1.807) is 12.3 Å². The van der Waals surface area contributed by atoms with Crippen LogP contribution in [-0.2, 0) is 6.54 Å². The van der Waals surface area contributed by atoms with Crippen molar-refractivity contribution in [2.45, 2.75) is 32.2 Å². The van der Waals surface area contributed by atoms with Gasteiger partial charge in [-0.15, -0.1) is 0 Å².